The summed E-state index contributed by atoms with van der Waals surface area (Å²) >= 11 is 0. The Balaban J connectivity index is 2.84. The molecular weight excluding hydrogens is 245 g/mol. The first-order valence-electron chi connectivity index (χ1n) is 6.41. The molecule has 104 valence electrons. The van der Waals surface area contributed by atoms with Gasteiger partial charge in [0.05, 0.1) is 0 Å². The SMILES string of the molecule is CCCCN(C)Cc1ccc(F)cc1C=CC(=O)O. The van der Waals surface area contributed by atoms with Gasteiger partial charge in [-0.1, -0.05) is 19.4 Å². The van der Waals surface area contributed by atoms with Gasteiger partial charge in [0.2, 0.25) is 0 Å². The van der Waals surface area contributed by atoms with E-state index in [2.05, 4.69) is 11.8 Å². The van der Waals surface area contributed by atoms with E-state index >= 15 is 0 Å². The second kappa shape index (κ2) is 7.69. The molecular formula is C15H20FNO2. The summed E-state index contributed by atoms with van der Waals surface area (Å²) in [6, 6.07) is 4.48. The van der Waals surface area contributed by atoms with Gasteiger partial charge in [-0.25, -0.2) is 9.18 Å². The maximum atomic E-state index is 13.2. The molecule has 0 aromatic heterocycles. The van der Waals surface area contributed by atoms with Crippen LogP contribution in [0.25, 0.3) is 6.08 Å². The Hall–Kier alpha value is -1.68. The zero-order valence-corrected chi connectivity index (χ0v) is 11.4. The molecule has 4 heteroatoms. The fraction of sp³-hybridized carbons (Fsp3) is 0.400. The number of carbonyl (C=O) groups is 1. The van der Waals surface area contributed by atoms with Crippen LogP contribution >= 0.6 is 0 Å². The Morgan fingerprint density at radius 1 is 1.47 bits per heavy atom. The lowest BCUT2D eigenvalue weighted by Gasteiger charge is -2.17. The van der Waals surface area contributed by atoms with Crippen molar-refractivity contribution in [3.8, 4) is 0 Å². The highest BCUT2D eigenvalue weighted by Crippen LogP contribution is 2.15. The monoisotopic (exact) mass is 265 g/mol. The van der Waals surface area contributed by atoms with E-state index in [1.807, 2.05) is 7.05 Å². The third kappa shape index (κ3) is 5.66. The van der Waals surface area contributed by atoms with Crippen LogP contribution in [-0.4, -0.2) is 29.6 Å². The molecule has 0 aliphatic rings. The van der Waals surface area contributed by atoms with E-state index in [1.165, 1.54) is 18.2 Å². The predicted octanol–water partition coefficient (Wildman–Crippen LogP) is 3.16. The molecule has 1 aromatic carbocycles. The quantitative estimate of drug-likeness (QED) is 0.770. The van der Waals surface area contributed by atoms with Gasteiger partial charge in [0.15, 0.2) is 0 Å². The molecule has 3 nitrogen and oxygen atoms in total. The average Bonchev–Trinajstić information content (AvgIpc) is 2.36. The highest BCUT2D eigenvalue weighted by Gasteiger charge is 2.05. The van der Waals surface area contributed by atoms with Crippen LogP contribution < -0.4 is 0 Å². The lowest BCUT2D eigenvalue weighted by molar-refractivity contribution is -0.131. The van der Waals surface area contributed by atoms with Crippen LogP contribution in [0.5, 0.6) is 0 Å². The fourth-order valence-electron chi connectivity index (χ4n) is 1.82. The normalized spacial score (nSPS) is 11.4. The Bertz CT molecular complexity index is 457. The van der Waals surface area contributed by atoms with Gasteiger partial charge in [-0.15, -0.1) is 0 Å². The minimum atomic E-state index is -1.03. The second-order valence-electron chi connectivity index (χ2n) is 4.61. The van der Waals surface area contributed by atoms with Gasteiger partial charge in [-0.3, -0.25) is 0 Å². The Morgan fingerprint density at radius 3 is 2.84 bits per heavy atom. The summed E-state index contributed by atoms with van der Waals surface area (Å²) in [5.41, 5.74) is 1.54. The van der Waals surface area contributed by atoms with Crippen molar-refractivity contribution in [2.45, 2.75) is 26.3 Å². The van der Waals surface area contributed by atoms with Crippen LogP contribution in [0.15, 0.2) is 24.3 Å². The molecule has 19 heavy (non-hydrogen) atoms. The van der Waals surface area contributed by atoms with Gasteiger partial charge in [0.25, 0.3) is 0 Å². The molecule has 0 bridgehead atoms. The van der Waals surface area contributed by atoms with Crippen molar-refractivity contribution in [2.75, 3.05) is 13.6 Å². The first-order valence-corrected chi connectivity index (χ1v) is 6.41. The molecule has 0 saturated carbocycles. The molecule has 0 radical (unpaired) electrons. The van der Waals surface area contributed by atoms with E-state index in [-0.39, 0.29) is 5.82 Å². The highest BCUT2D eigenvalue weighted by atomic mass is 19.1. The summed E-state index contributed by atoms with van der Waals surface area (Å²) in [5.74, 6) is -1.39. The van der Waals surface area contributed by atoms with Crippen molar-refractivity contribution in [2.24, 2.45) is 0 Å². The second-order valence-corrected chi connectivity index (χ2v) is 4.61. The van der Waals surface area contributed by atoms with Crippen molar-refractivity contribution in [3.63, 3.8) is 0 Å². The maximum absolute atomic E-state index is 13.2. The number of unbranched alkanes of at least 4 members (excludes halogenated alkanes) is 1. The van der Waals surface area contributed by atoms with Gasteiger partial charge in [0, 0.05) is 12.6 Å². The smallest absolute Gasteiger partial charge is 0.328 e. The minimum Gasteiger partial charge on any atom is -0.478 e. The largest absolute Gasteiger partial charge is 0.478 e. The number of rotatable bonds is 7. The fourth-order valence-corrected chi connectivity index (χ4v) is 1.82. The lowest BCUT2D eigenvalue weighted by atomic mass is 10.1. The number of hydrogen-bond donors (Lipinski definition) is 1. The molecule has 0 aliphatic heterocycles. The van der Waals surface area contributed by atoms with Gasteiger partial charge >= 0.3 is 5.97 Å². The topological polar surface area (TPSA) is 40.5 Å². The number of benzene rings is 1. The molecule has 1 aromatic rings. The van der Waals surface area contributed by atoms with E-state index < -0.39 is 5.97 Å². The van der Waals surface area contributed by atoms with Crippen molar-refractivity contribution < 1.29 is 14.3 Å². The molecule has 1 N–H and O–H groups in total. The molecule has 0 aliphatic carbocycles. The Kier molecular flexibility index (Phi) is 6.22. The summed E-state index contributed by atoms with van der Waals surface area (Å²) in [5, 5.41) is 8.64. The van der Waals surface area contributed by atoms with Crippen LogP contribution in [-0.2, 0) is 11.3 Å². The van der Waals surface area contributed by atoms with Gasteiger partial charge < -0.3 is 10.0 Å². The van der Waals surface area contributed by atoms with Crippen LogP contribution in [0, 0.1) is 5.82 Å². The maximum Gasteiger partial charge on any atom is 0.328 e. The van der Waals surface area contributed by atoms with Gasteiger partial charge in [-0.2, -0.15) is 0 Å². The van der Waals surface area contributed by atoms with Crippen LogP contribution in [0.2, 0.25) is 0 Å². The molecule has 0 saturated heterocycles. The predicted molar refractivity (Wildman–Crippen MR) is 74.3 cm³/mol. The van der Waals surface area contributed by atoms with Crippen LogP contribution in [0.4, 0.5) is 4.39 Å². The number of nitrogens with zero attached hydrogens (tertiary/aromatic N) is 1. The number of carboxylic acids is 1. The number of carboxylic acid groups (broad SMARTS) is 1. The first kappa shape index (κ1) is 15.4. The molecule has 0 spiro atoms. The van der Waals surface area contributed by atoms with E-state index in [0.717, 1.165) is 31.0 Å². The molecule has 0 heterocycles. The lowest BCUT2D eigenvalue weighted by Crippen LogP contribution is -2.19. The highest BCUT2D eigenvalue weighted by molar-refractivity contribution is 5.85. The third-order valence-corrected chi connectivity index (χ3v) is 2.85. The molecule has 0 atom stereocenters. The number of halogens is 1. The van der Waals surface area contributed by atoms with Crippen molar-refractivity contribution in [1.29, 1.82) is 0 Å². The standard InChI is InChI=1S/C15H20FNO2/c1-3-4-9-17(2)11-13-5-7-14(16)10-12(13)6-8-15(18)19/h5-8,10H,3-4,9,11H2,1-2H3,(H,18,19). The summed E-state index contributed by atoms with van der Waals surface area (Å²) in [6.45, 7) is 3.78. The molecule has 0 fully saturated rings. The molecule has 0 unspecified atom stereocenters. The summed E-state index contributed by atoms with van der Waals surface area (Å²) < 4.78 is 13.2. The van der Waals surface area contributed by atoms with E-state index in [0.29, 0.717) is 12.1 Å². The zero-order valence-electron chi connectivity index (χ0n) is 11.4. The Morgan fingerprint density at radius 2 is 2.21 bits per heavy atom. The van der Waals surface area contributed by atoms with E-state index in [9.17, 15) is 9.18 Å². The number of hydrogen-bond acceptors (Lipinski definition) is 2. The van der Waals surface area contributed by atoms with Crippen molar-refractivity contribution >= 4 is 12.0 Å². The minimum absolute atomic E-state index is 0.356. The van der Waals surface area contributed by atoms with Crippen molar-refractivity contribution in [1.82, 2.24) is 4.90 Å². The van der Waals surface area contributed by atoms with Crippen molar-refractivity contribution in [3.05, 3.63) is 41.2 Å². The van der Waals surface area contributed by atoms with E-state index in [1.54, 1.807) is 6.07 Å². The average molecular weight is 265 g/mol. The van der Waals surface area contributed by atoms with Crippen LogP contribution in [0.3, 0.4) is 0 Å². The summed E-state index contributed by atoms with van der Waals surface area (Å²) in [6.07, 6.45) is 4.70. The first-order chi connectivity index (χ1) is 9.02. The third-order valence-electron chi connectivity index (χ3n) is 2.85. The van der Waals surface area contributed by atoms with E-state index in [4.69, 9.17) is 5.11 Å². The molecule has 1 rings (SSSR count). The Labute approximate surface area is 113 Å². The van der Waals surface area contributed by atoms with Gasteiger partial charge in [0.1, 0.15) is 5.82 Å². The number of aliphatic carboxylic acids is 1. The van der Waals surface area contributed by atoms with Gasteiger partial charge in [-0.05, 0) is 49.3 Å². The zero-order chi connectivity index (χ0) is 14.3. The summed E-state index contributed by atoms with van der Waals surface area (Å²) in [4.78, 5) is 12.7. The van der Waals surface area contributed by atoms with Crippen LogP contribution in [0.1, 0.15) is 30.9 Å². The molecule has 0 amide bonds. The summed E-state index contributed by atoms with van der Waals surface area (Å²) in [7, 11) is 2.00.